The first kappa shape index (κ1) is 40.4. The Morgan fingerprint density at radius 1 is 1.06 bits per heavy atom. The summed E-state index contributed by atoms with van der Waals surface area (Å²) in [6, 6.07) is 8.74. The van der Waals surface area contributed by atoms with Crippen LogP contribution in [0, 0.1) is 6.92 Å². The number of amides is 3. The molecule has 0 heterocycles. The van der Waals surface area contributed by atoms with Gasteiger partial charge in [-0.2, -0.15) is 0 Å². The monoisotopic (exact) mass is 511 g/mol. The number of nitrogens with two attached hydrogens (primary N) is 1. The van der Waals surface area contributed by atoms with E-state index < -0.39 is 6.04 Å². The van der Waals surface area contributed by atoms with Gasteiger partial charge in [0.1, 0.15) is 0 Å². The first-order valence-corrected chi connectivity index (χ1v) is 12.7. The molecule has 1 aromatic carbocycles. The zero-order valence-corrected chi connectivity index (χ0v) is 24.1. The molecule has 210 valence electrons. The molecular weight excluding hydrogens is 458 g/mol. The van der Waals surface area contributed by atoms with Gasteiger partial charge in [-0.15, -0.1) is 0 Å². The van der Waals surface area contributed by atoms with Crippen molar-refractivity contribution in [1.29, 1.82) is 0 Å². The van der Waals surface area contributed by atoms with Gasteiger partial charge in [0.05, 0.1) is 12.6 Å². The Morgan fingerprint density at radius 3 is 1.94 bits per heavy atom. The summed E-state index contributed by atoms with van der Waals surface area (Å²) in [5.74, 6) is -0.424. The quantitative estimate of drug-likeness (QED) is 0.216. The first-order chi connectivity index (χ1) is 17.1. The van der Waals surface area contributed by atoms with Gasteiger partial charge in [0.25, 0.3) is 0 Å². The van der Waals surface area contributed by atoms with Crippen LogP contribution in [0.4, 0.5) is 0 Å². The van der Waals surface area contributed by atoms with Crippen LogP contribution in [-0.2, 0) is 25.7 Å². The van der Waals surface area contributed by atoms with E-state index in [9.17, 15) is 14.4 Å². The second-order valence-corrected chi connectivity index (χ2v) is 7.84. The predicted molar refractivity (Wildman–Crippen MR) is 151 cm³/mol. The Bertz CT molecular complexity index is 638. The van der Waals surface area contributed by atoms with Gasteiger partial charge in [-0.1, -0.05) is 77.8 Å². The van der Waals surface area contributed by atoms with E-state index >= 15 is 0 Å². The third kappa shape index (κ3) is 33.4. The molecular formula is C27H53N5O4. The number of primary amides is 1. The van der Waals surface area contributed by atoms with E-state index in [1.54, 1.807) is 0 Å². The Kier molecular flexibility index (Phi) is 36.2. The molecule has 0 fully saturated rings. The summed E-state index contributed by atoms with van der Waals surface area (Å²) >= 11 is 0. The van der Waals surface area contributed by atoms with Crippen LogP contribution in [-0.4, -0.2) is 56.7 Å². The number of carbonyl (C=O) groups excluding carboxylic acids is 4. The van der Waals surface area contributed by atoms with Crippen LogP contribution in [0.15, 0.2) is 24.3 Å². The maximum atomic E-state index is 11.2. The molecule has 6 N–H and O–H groups in total. The van der Waals surface area contributed by atoms with Crippen molar-refractivity contribution in [3.8, 4) is 0 Å². The number of hydrogen-bond acceptors (Lipinski definition) is 6. The fourth-order valence-corrected chi connectivity index (χ4v) is 2.27. The SMILES string of the molecule is CC.CCC.CNCCCC(NC(=O)CNC=O)C(C)=O.Cc1ccc(CNC(C)C)cc1.NC=O. The molecule has 3 amide bonds. The molecule has 36 heavy (non-hydrogen) atoms. The minimum atomic E-state index is -0.464. The van der Waals surface area contributed by atoms with Crippen LogP contribution in [0.25, 0.3) is 0 Å². The lowest BCUT2D eigenvalue weighted by atomic mass is 10.1. The molecule has 0 aliphatic carbocycles. The highest BCUT2D eigenvalue weighted by molar-refractivity contribution is 5.88. The Hall–Kier alpha value is -2.78. The summed E-state index contributed by atoms with van der Waals surface area (Å²) in [6.45, 7) is 17.8. The van der Waals surface area contributed by atoms with Crippen LogP contribution >= 0.6 is 0 Å². The van der Waals surface area contributed by atoms with E-state index in [0.717, 1.165) is 19.5 Å². The molecule has 9 nitrogen and oxygen atoms in total. The Balaban J connectivity index is -0.000000224. The van der Waals surface area contributed by atoms with Crippen LogP contribution in [0.3, 0.4) is 0 Å². The summed E-state index contributed by atoms with van der Waals surface area (Å²) < 4.78 is 0. The first-order valence-electron chi connectivity index (χ1n) is 12.7. The van der Waals surface area contributed by atoms with Gasteiger partial charge in [0, 0.05) is 12.6 Å². The van der Waals surface area contributed by atoms with Gasteiger partial charge < -0.3 is 27.0 Å². The lowest BCUT2D eigenvalue weighted by Gasteiger charge is -2.15. The zero-order valence-electron chi connectivity index (χ0n) is 24.1. The van der Waals surface area contributed by atoms with Gasteiger partial charge >= 0.3 is 0 Å². The average molecular weight is 512 g/mol. The predicted octanol–water partition coefficient (Wildman–Crippen LogP) is 2.84. The van der Waals surface area contributed by atoms with Crippen molar-refractivity contribution in [3.05, 3.63) is 35.4 Å². The summed E-state index contributed by atoms with van der Waals surface area (Å²) in [7, 11) is 1.83. The fraction of sp³-hybridized carbons (Fsp3) is 0.630. The molecule has 0 radical (unpaired) electrons. The van der Waals surface area contributed by atoms with E-state index in [1.807, 2.05) is 20.9 Å². The van der Waals surface area contributed by atoms with Crippen molar-refractivity contribution >= 4 is 24.5 Å². The molecule has 0 bridgehead atoms. The number of rotatable bonds is 12. The topological polar surface area (TPSA) is 142 Å². The van der Waals surface area contributed by atoms with Gasteiger partial charge in [-0.3, -0.25) is 19.2 Å². The van der Waals surface area contributed by atoms with Gasteiger partial charge in [-0.25, -0.2) is 0 Å². The normalized spacial score (nSPS) is 9.72. The number of ketones is 1. The van der Waals surface area contributed by atoms with Crippen molar-refractivity contribution in [1.82, 2.24) is 21.3 Å². The molecule has 0 aliphatic rings. The second-order valence-electron chi connectivity index (χ2n) is 7.84. The maximum Gasteiger partial charge on any atom is 0.239 e. The van der Waals surface area contributed by atoms with E-state index in [2.05, 4.69) is 85.9 Å². The Labute approximate surface area is 219 Å². The minimum absolute atomic E-state index is 0.0736. The van der Waals surface area contributed by atoms with Crippen molar-refractivity contribution in [2.24, 2.45) is 5.73 Å². The number of aryl methyl sites for hydroxylation is 1. The highest BCUT2D eigenvalue weighted by Crippen LogP contribution is 2.02. The molecule has 0 saturated heterocycles. The van der Waals surface area contributed by atoms with Crippen molar-refractivity contribution in [2.75, 3.05) is 20.1 Å². The van der Waals surface area contributed by atoms with Crippen LogP contribution in [0.5, 0.6) is 0 Å². The van der Waals surface area contributed by atoms with Gasteiger partial charge in [0.15, 0.2) is 5.78 Å². The van der Waals surface area contributed by atoms with Crippen LogP contribution < -0.4 is 27.0 Å². The number of benzene rings is 1. The maximum absolute atomic E-state index is 11.2. The second kappa shape index (κ2) is 32.2. The molecule has 0 spiro atoms. The third-order valence-electron chi connectivity index (χ3n) is 3.93. The number of carbonyl (C=O) groups is 4. The molecule has 1 rings (SSSR count). The standard InChI is InChI=1S/C11H17N.C10H19N3O3.C3H8.C2H6.CH3NO/c1-9(2)12-8-11-6-4-10(3)5-7-11;1-8(15)9(4-3-5-11-2)13-10(16)6-12-7-14;1-3-2;1-2;2-1-3/h4-7,9,12H,8H2,1-3H3;7,9,11H,3-6H2,1-2H3,(H,12,14)(H,13,16);3H2,1-2H3;1-2H3;1H,(H2,2,3). The summed E-state index contributed by atoms with van der Waals surface area (Å²) in [5, 5.41) is 11.2. The van der Waals surface area contributed by atoms with Crippen molar-refractivity contribution < 1.29 is 19.2 Å². The van der Waals surface area contributed by atoms with Crippen molar-refractivity contribution in [3.63, 3.8) is 0 Å². The lowest BCUT2D eigenvalue weighted by molar-refractivity contribution is -0.127. The molecule has 1 unspecified atom stereocenters. The average Bonchev–Trinajstić information content (AvgIpc) is 2.84. The highest BCUT2D eigenvalue weighted by Gasteiger charge is 2.15. The number of Topliss-reactive ketones (excluding diaryl/α,β-unsaturated/α-hetero) is 1. The van der Waals surface area contributed by atoms with Crippen LogP contribution in [0.2, 0.25) is 0 Å². The third-order valence-corrected chi connectivity index (χ3v) is 3.93. The molecule has 0 aliphatic heterocycles. The van der Waals surface area contributed by atoms with E-state index in [0.29, 0.717) is 18.9 Å². The highest BCUT2D eigenvalue weighted by atomic mass is 16.2. The molecule has 1 aromatic rings. The number of nitrogens with one attached hydrogen (secondary N) is 4. The fourth-order valence-electron chi connectivity index (χ4n) is 2.27. The Morgan fingerprint density at radius 2 is 1.56 bits per heavy atom. The van der Waals surface area contributed by atoms with Crippen LogP contribution in [0.1, 0.15) is 78.9 Å². The van der Waals surface area contributed by atoms with Gasteiger partial charge in [0.2, 0.25) is 18.7 Å². The van der Waals surface area contributed by atoms with E-state index in [1.165, 1.54) is 24.5 Å². The molecule has 0 aromatic heterocycles. The van der Waals surface area contributed by atoms with E-state index in [4.69, 9.17) is 4.79 Å². The summed E-state index contributed by atoms with van der Waals surface area (Å²) in [6.07, 6.45) is 3.36. The largest absolute Gasteiger partial charge is 0.372 e. The molecule has 1 atom stereocenters. The zero-order chi connectivity index (χ0) is 28.8. The van der Waals surface area contributed by atoms with E-state index in [-0.39, 0.29) is 24.6 Å². The van der Waals surface area contributed by atoms with Gasteiger partial charge in [-0.05, 0) is 45.8 Å². The molecule has 0 saturated carbocycles. The number of hydrogen-bond donors (Lipinski definition) is 5. The summed E-state index contributed by atoms with van der Waals surface area (Å²) in [5.41, 5.74) is 6.84. The minimum Gasteiger partial charge on any atom is -0.372 e. The van der Waals surface area contributed by atoms with Crippen molar-refractivity contribution in [2.45, 2.75) is 93.3 Å². The summed E-state index contributed by atoms with van der Waals surface area (Å²) in [4.78, 5) is 41.0. The smallest absolute Gasteiger partial charge is 0.239 e. The molecule has 9 heteroatoms. The lowest BCUT2D eigenvalue weighted by Crippen LogP contribution is -2.43.